The number of benzene rings is 2. The van der Waals surface area contributed by atoms with Crippen LogP contribution in [-0.4, -0.2) is 26.3 Å². The third-order valence-electron chi connectivity index (χ3n) is 4.01. The highest BCUT2D eigenvalue weighted by Crippen LogP contribution is 2.17. The first-order valence-corrected chi connectivity index (χ1v) is 9.57. The Bertz CT molecular complexity index is 1080. The van der Waals surface area contributed by atoms with Crippen molar-refractivity contribution in [1.29, 1.82) is 0 Å². The molecule has 10 heteroatoms. The zero-order valence-electron chi connectivity index (χ0n) is 15.2. The molecule has 8 nitrogen and oxygen atoms in total. The Morgan fingerprint density at radius 3 is 2.52 bits per heavy atom. The van der Waals surface area contributed by atoms with Crippen LogP contribution in [0.5, 0.6) is 0 Å². The average Bonchev–Trinajstić information content (AvgIpc) is 3.07. The summed E-state index contributed by atoms with van der Waals surface area (Å²) in [7, 11) is 0. The first kappa shape index (κ1) is 20.7. The van der Waals surface area contributed by atoms with Crippen molar-refractivity contribution in [3.8, 4) is 0 Å². The van der Waals surface area contributed by atoms with Gasteiger partial charge in [0.2, 0.25) is 0 Å². The summed E-state index contributed by atoms with van der Waals surface area (Å²) in [5.74, 6) is -0.479. The maximum atomic E-state index is 12.4. The van der Waals surface area contributed by atoms with Gasteiger partial charge in [0.1, 0.15) is 0 Å². The molecular formula is C19H15BrClN5O3. The molecule has 0 aliphatic carbocycles. The van der Waals surface area contributed by atoms with Crippen LogP contribution in [0.25, 0.3) is 0 Å². The Morgan fingerprint density at radius 2 is 1.90 bits per heavy atom. The molecule has 1 N–H and O–H groups in total. The van der Waals surface area contributed by atoms with Gasteiger partial charge in [-0.05, 0) is 58.2 Å². The fourth-order valence-electron chi connectivity index (χ4n) is 2.49. The number of halogens is 2. The van der Waals surface area contributed by atoms with Crippen molar-refractivity contribution < 1.29 is 9.72 Å². The normalized spacial score (nSPS) is 11.3. The Morgan fingerprint density at radius 1 is 1.24 bits per heavy atom. The van der Waals surface area contributed by atoms with E-state index in [4.69, 9.17) is 11.6 Å². The molecule has 0 spiro atoms. The van der Waals surface area contributed by atoms with Gasteiger partial charge in [-0.3, -0.25) is 19.6 Å². The molecule has 0 bridgehead atoms. The predicted molar refractivity (Wildman–Crippen MR) is 113 cm³/mol. The van der Waals surface area contributed by atoms with E-state index in [2.05, 4.69) is 31.6 Å². The highest BCUT2D eigenvalue weighted by atomic mass is 79.9. The van der Waals surface area contributed by atoms with Gasteiger partial charge in [0, 0.05) is 23.4 Å². The Hall–Kier alpha value is -3.04. The minimum Gasteiger partial charge on any atom is -0.266 e. The van der Waals surface area contributed by atoms with Crippen LogP contribution < -0.4 is 5.43 Å². The molecule has 0 fully saturated rings. The van der Waals surface area contributed by atoms with Gasteiger partial charge in [0.25, 0.3) is 11.6 Å². The number of hydrogen-bond acceptors (Lipinski definition) is 5. The van der Waals surface area contributed by atoms with E-state index in [9.17, 15) is 14.9 Å². The van der Waals surface area contributed by atoms with Gasteiger partial charge < -0.3 is 0 Å². The molecule has 0 radical (unpaired) electrons. The topological polar surface area (TPSA) is 102 Å². The SMILES string of the molecule is C/C(=N/NC(=O)c1nn(Cc2ccc(Cl)cc2)cc1Br)c1ccc([N+](=O)[O-])cc1. The van der Waals surface area contributed by atoms with Gasteiger partial charge in [-0.25, -0.2) is 5.43 Å². The molecule has 1 heterocycles. The number of aromatic nitrogens is 2. The quantitative estimate of drug-likeness (QED) is 0.323. The number of carbonyl (C=O) groups excluding carboxylic acids is 1. The van der Waals surface area contributed by atoms with E-state index in [1.807, 2.05) is 12.1 Å². The number of amides is 1. The minimum atomic E-state index is -0.479. The molecule has 2 aromatic carbocycles. The van der Waals surface area contributed by atoms with Crippen molar-refractivity contribution in [2.45, 2.75) is 13.5 Å². The number of carbonyl (C=O) groups is 1. The first-order chi connectivity index (χ1) is 13.8. The van der Waals surface area contributed by atoms with Crippen molar-refractivity contribution >= 4 is 44.8 Å². The van der Waals surface area contributed by atoms with Crippen LogP contribution in [0.2, 0.25) is 5.02 Å². The van der Waals surface area contributed by atoms with E-state index in [1.165, 1.54) is 12.1 Å². The van der Waals surface area contributed by atoms with E-state index >= 15 is 0 Å². The standard InChI is InChI=1S/C19H15BrClN5O3/c1-12(14-4-8-16(9-5-14)26(28)29)22-23-19(27)18-17(20)11-25(24-18)10-13-2-6-15(21)7-3-13/h2-9,11H,10H2,1H3,(H,23,27)/b22-12-. The monoisotopic (exact) mass is 475 g/mol. The lowest BCUT2D eigenvalue weighted by atomic mass is 10.1. The molecule has 3 rings (SSSR count). The van der Waals surface area contributed by atoms with Crippen molar-refractivity contribution in [2.24, 2.45) is 5.10 Å². The largest absolute Gasteiger partial charge is 0.293 e. The molecule has 0 atom stereocenters. The van der Waals surface area contributed by atoms with Gasteiger partial charge in [0.05, 0.1) is 21.7 Å². The maximum Gasteiger partial charge on any atom is 0.293 e. The lowest BCUT2D eigenvalue weighted by Gasteiger charge is -2.03. The van der Waals surface area contributed by atoms with E-state index in [-0.39, 0.29) is 11.4 Å². The third kappa shape index (κ3) is 5.27. The Balaban J connectivity index is 1.68. The zero-order valence-corrected chi connectivity index (χ0v) is 17.5. The number of rotatable bonds is 6. The Labute approximate surface area is 179 Å². The van der Waals surface area contributed by atoms with Crippen LogP contribution in [0.15, 0.2) is 64.3 Å². The molecule has 0 aliphatic heterocycles. The molecule has 1 aromatic heterocycles. The molecule has 0 aliphatic rings. The van der Waals surface area contributed by atoms with Gasteiger partial charge in [0.15, 0.2) is 5.69 Å². The van der Waals surface area contributed by atoms with Gasteiger partial charge in [-0.2, -0.15) is 10.2 Å². The molecular weight excluding hydrogens is 462 g/mol. The number of nitro groups is 1. The van der Waals surface area contributed by atoms with E-state index in [0.717, 1.165) is 5.56 Å². The second-order valence-electron chi connectivity index (χ2n) is 6.09. The van der Waals surface area contributed by atoms with Crippen LogP contribution in [0.1, 0.15) is 28.5 Å². The smallest absolute Gasteiger partial charge is 0.266 e. The summed E-state index contributed by atoms with van der Waals surface area (Å²) >= 11 is 9.23. The van der Waals surface area contributed by atoms with E-state index < -0.39 is 10.8 Å². The van der Waals surface area contributed by atoms with Crippen LogP contribution in [0, 0.1) is 10.1 Å². The molecule has 0 saturated heterocycles. The van der Waals surface area contributed by atoms with E-state index in [0.29, 0.717) is 27.3 Å². The summed E-state index contributed by atoms with van der Waals surface area (Å²) in [6.45, 7) is 2.17. The lowest BCUT2D eigenvalue weighted by Crippen LogP contribution is -2.20. The molecule has 29 heavy (non-hydrogen) atoms. The van der Waals surface area contributed by atoms with Crippen LogP contribution in [-0.2, 0) is 6.54 Å². The summed E-state index contributed by atoms with van der Waals surface area (Å²) in [6.07, 6.45) is 1.70. The van der Waals surface area contributed by atoms with Gasteiger partial charge >= 0.3 is 0 Å². The maximum absolute atomic E-state index is 12.4. The fraction of sp³-hybridized carbons (Fsp3) is 0.105. The Kier molecular flexibility index (Phi) is 6.40. The summed E-state index contributed by atoms with van der Waals surface area (Å²) in [4.78, 5) is 22.7. The van der Waals surface area contributed by atoms with Crippen LogP contribution in [0.3, 0.4) is 0 Å². The van der Waals surface area contributed by atoms with Crippen LogP contribution in [0.4, 0.5) is 5.69 Å². The number of nitro benzene ring substituents is 1. The molecule has 3 aromatic rings. The number of hydrazone groups is 1. The highest BCUT2D eigenvalue weighted by molar-refractivity contribution is 9.10. The third-order valence-corrected chi connectivity index (χ3v) is 4.84. The fourth-order valence-corrected chi connectivity index (χ4v) is 3.11. The molecule has 0 saturated carbocycles. The number of nitrogens with one attached hydrogen (secondary N) is 1. The summed E-state index contributed by atoms with van der Waals surface area (Å²) in [5.41, 5.74) is 4.78. The number of non-ortho nitro benzene ring substituents is 1. The summed E-state index contributed by atoms with van der Waals surface area (Å²) in [6, 6.07) is 13.2. The van der Waals surface area contributed by atoms with Crippen LogP contribution >= 0.6 is 27.5 Å². The number of nitrogens with zero attached hydrogens (tertiary/aromatic N) is 4. The number of hydrogen-bond donors (Lipinski definition) is 1. The molecule has 1 amide bonds. The summed E-state index contributed by atoms with van der Waals surface area (Å²) < 4.78 is 2.17. The van der Waals surface area contributed by atoms with Crippen molar-refractivity contribution in [2.75, 3.05) is 0 Å². The van der Waals surface area contributed by atoms with Crippen molar-refractivity contribution in [1.82, 2.24) is 15.2 Å². The van der Waals surface area contributed by atoms with Crippen molar-refractivity contribution in [3.05, 3.63) is 91.2 Å². The molecule has 148 valence electrons. The summed E-state index contributed by atoms with van der Waals surface area (Å²) in [5, 5.41) is 19.7. The lowest BCUT2D eigenvalue weighted by molar-refractivity contribution is -0.384. The first-order valence-electron chi connectivity index (χ1n) is 8.40. The minimum absolute atomic E-state index is 0.0132. The van der Waals surface area contributed by atoms with Gasteiger partial charge in [-0.15, -0.1) is 0 Å². The van der Waals surface area contributed by atoms with Gasteiger partial charge in [-0.1, -0.05) is 23.7 Å². The van der Waals surface area contributed by atoms with Crippen molar-refractivity contribution in [3.63, 3.8) is 0 Å². The predicted octanol–water partition coefficient (Wildman–Crippen LogP) is 4.41. The molecule has 0 unspecified atom stereocenters. The second kappa shape index (κ2) is 8.97. The van der Waals surface area contributed by atoms with E-state index in [1.54, 1.807) is 42.1 Å². The highest BCUT2D eigenvalue weighted by Gasteiger charge is 2.15. The average molecular weight is 477 g/mol. The second-order valence-corrected chi connectivity index (χ2v) is 7.38. The zero-order chi connectivity index (χ0) is 21.0.